The molecule has 2 aliphatic rings. The summed E-state index contributed by atoms with van der Waals surface area (Å²) >= 11 is 0. The summed E-state index contributed by atoms with van der Waals surface area (Å²) in [7, 11) is 2.07. The molecular formula is C22H33N3O3. The van der Waals surface area contributed by atoms with Gasteiger partial charge >= 0.3 is 0 Å². The highest BCUT2D eigenvalue weighted by molar-refractivity contribution is 5.77. The van der Waals surface area contributed by atoms with Crippen LogP contribution in [0.5, 0.6) is 5.75 Å². The zero-order valence-corrected chi connectivity index (χ0v) is 17.3. The molecule has 2 saturated heterocycles. The van der Waals surface area contributed by atoms with Crippen molar-refractivity contribution in [2.75, 3.05) is 26.7 Å². The van der Waals surface area contributed by atoms with Gasteiger partial charge in [0.25, 0.3) is 0 Å². The molecule has 1 aromatic carbocycles. The van der Waals surface area contributed by atoms with E-state index in [2.05, 4.69) is 36.3 Å². The zero-order valence-electron chi connectivity index (χ0n) is 17.3. The van der Waals surface area contributed by atoms with E-state index in [1.54, 1.807) is 6.92 Å². The van der Waals surface area contributed by atoms with Crippen LogP contribution < -0.4 is 10.1 Å². The Labute approximate surface area is 168 Å². The Morgan fingerprint density at radius 3 is 2.36 bits per heavy atom. The molecule has 0 unspecified atom stereocenters. The fourth-order valence-corrected chi connectivity index (χ4v) is 4.21. The lowest BCUT2D eigenvalue weighted by atomic mass is 10.1. The van der Waals surface area contributed by atoms with Gasteiger partial charge in [-0.2, -0.15) is 0 Å². The first-order chi connectivity index (χ1) is 13.4. The third-order valence-corrected chi connectivity index (χ3v) is 6.10. The molecule has 1 N–H and O–H groups in total. The molecule has 0 saturated carbocycles. The summed E-state index contributed by atoms with van der Waals surface area (Å²) in [6.07, 6.45) is 4.55. The van der Waals surface area contributed by atoms with Gasteiger partial charge in [0.1, 0.15) is 11.9 Å². The monoisotopic (exact) mass is 387 g/mol. The smallest absolute Gasteiger partial charge is 0.224 e. The summed E-state index contributed by atoms with van der Waals surface area (Å²) in [5.41, 5.74) is 1.23. The van der Waals surface area contributed by atoms with Gasteiger partial charge in [-0.3, -0.25) is 14.5 Å². The van der Waals surface area contributed by atoms with Crippen LogP contribution in [-0.2, 0) is 9.59 Å². The average Bonchev–Trinajstić information content (AvgIpc) is 3.02. The topological polar surface area (TPSA) is 61.9 Å². The van der Waals surface area contributed by atoms with Crippen molar-refractivity contribution in [1.82, 2.24) is 15.1 Å². The zero-order chi connectivity index (χ0) is 20.1. The van der Waals surface area contributed by atoms with Gasteiger partial charge in [0.05, 0.1) is 0 Å². The third-order valence-electron chi connectivity index (χ3n) is 6.10. The van der Waals surface area contributed by atoms with E-state index in [-0.39, 0.29) is 24.0 Å². The van der Waals surface area contributed by atoms with Crippen LogP contribution in [0.4, 0.5) is 0 Å². The van der Waals surface area contributed by atoms with Gasteiger partial charge in [0, 0.05) is 57.9 Å². The maximum Gasteiger partial charge on any atom is 0.224 e. The molecule has 2 heterocycles. The highest BCUT2D eigenvalue weighted by Gasteiger charge is 2.33. The average molecular weight is 388 g/mol. The molecular weight excluding hydrogens is 354 g/mol. The number of rotatable bonds is 6. The van der Waals surface area contributed by atoms with Crippen LogP contribution in [0.2, 0.25) is 0 Å². The van der Waals surface area contributed by atoms with Crippen LogP contribution in [0.25, 0.3) is 0 Å². The second-order valence-corrected chi connectivity index (χ2v) is 8.20. The summed E-state index contributed by atoms with van der Waals surface area (Å²) in [6, 6.07) is 8.75. The number of piperidine rings is 1. The molecule has 2 atom stereocenters. The number of likely N-dealkylation sites (tertiary alicyclic amines) is 2. The van der Waals surface area contributed by atoms with E-state index in [4.69, 9.17) is 4.74 Å². The van der Waals surface area contributed by atoms with Crippen LogP contribution in [0.1, 0.15) is 44.6 Å². The van der Waals surface area contributed by atoms with E-state index >= 15 is 0 Å². The Morgan fingerprint density at radius 1 is 1.07 bits per heavy atom. The highest BCUT2D eigenvalue weighted by Crippen LogP contribution is 2.26. The quantitative estimate of drug-likeness (QED) is 0.814. The van der Waals surface area contributed by atoms with Crippen LogP contribution in [0.3, 0.4) is 0 Å². The molecule has 0 aromatic heterocycles. The molecule has 0 radical (unpaired) electrons. The van der Waals surface area contributed by atoms with Crippen LogP contribution >= 0.6 is 0 Å². The number of nitrogens with one attached hydrogen (secondary N) is 1. The van der Waals surface area contributed by atoms with E-state index in [0.29, 0.717) is 19.0 Å². The first-order valence-corrected chi connectivity index (χ1v) is 10.4. The van der Waals surface area contributed by atoms with Crippen molar-refractivity contribution < 1.29 is 14.3 Å². The molecule has 1 aromatic rings. The molecule has 6 nitrogen and oxygen atoms in total. The Balaban J connectivity index is 1.41. The molecule has 3 rings (SSSR count). The van der Waals surface area contributed by atoms with E-state index in [1.165, 1.54) is 5.56 Å². The molecule has 0 spiro atoms. The molecule has 154 valence electrons. The number of hydrogen-bond acceptors (Lipinski definition) is 4. The van der Waals surface area contributed by atoms with Crippen molar-refractivity contribution in [3.63, 3.8) is 0 Å². The molecule has 2 aliphatic heterocycles. The number of carbonyl (C=O) groups is 2. The minimum Gasteiger partial charge on any atom is -0.490 e. The fraction of sp³-hybridized carbons (Fsp3) is 0.636. The van der Waals surface area contributed by atoms with Crippen molar-refractivity contribution in [3.05, 3.63) is 29.8 Å². The van der Waals surface area contributed by atoms with E-state index in [9.17, 15) is 9.59 Å². The summed E-state index contributed by atoms with van der Waals surface area (Å²) in [5, 5.41) is 2.89. The number of aryl methyl sites for hydroxylation is 1. The number of nitrogens with zero attached hydrogens (tertiary/aromatic N) is 2. The predicted molar refractivity (Wildman–Crippen MR) is 109 cm³/mol. The number of benzene rings is 1. The molecule has 0 bridgehead atoms. The summed E-state index contributed by atoms with van der Waals surface area (Å²) in [4.78, 5) is 28.1. The van der Waals surface area contributed by atoms with E-state index in [1.807, 2.05) is 17.0 Å². The third kappa shape index (κ3) is 5.47. The second-order valence-electron chi connectivity index (χ2n) is 8.20. The lowest BCUT2D eigenvalue weighted by molar-refractivity contribution is -0.134. The van der Waals surface area contributed by atoms with Gasteiger partial charge in [-0.15, -0.1) is 0 Å². The number of ether oxygens (including phenoxy) is 1. The van der Waals surface area contributed by atoms with Crippen LogP contribution in [0.15, 0.2) is 24.3 Å². The lowest BCUT2D eigenvalue weighted by Crippen LogP contribution is -2.45. The Morgan fingerprint density at radius 2 is 1.71 bits per heavy atom. The van der Waals surface area contributed by atoms with Crippen LogP contribution in [-0.4, -0.2) is 66.5 Å². The minimum atomic E-state index is 0.00338. The first-order valence-electron chi connectivity index (χ1n) is 10.4. The summed E-state index contributed by atoms with van der Waals surface area (Å²) < 4.78 is 6.07. The largest absolute Gasteiger partial charge is 0.490 e. The molecule has 6 heteroatoms. The summed E-state index contributed by atoms with van der Waals surface area (Å²) in [6.45, 7) is 5.81. The van der Waals surface area contributed by atoms with Gasteiger partial charge in [-0.1, -0.05) is 17.7 Å². The first kappa shape index (κ1) is 20.6. The number of amides is 2. The maximum absolute atomic E-state index is 12.8. The summed E-state index contributed by atoms with van der Waals surface area (Å²) in [5.74, 6) is 1.16. The SMILES string of the molecule is CC(=O)NC[C@H]1CC[C@@H](CC(=O)N2CCC(Oc3ccc(C)cc3)CC2)N1C. The number of likely N-dealkylation sites (N-methyl/N-ethyl adjacent to an activating group) is 1. The van der Waals surface area contributed by atoms with Crippen molar-refractivity contribution in [2.45, 2.75) is 64.1 Å². The maximum atomic E-state index is 12.8. The molecule has 28 heavy (non-hydrogen) atoms. The lowest BCUT2D eigenvalue weighted by Gasteiger charge is -2.34. The Hall–Kier alpha value is -2.08. The second kappa shape index (κ2) is 9.41. The fourth-order valence-electron chi connectivity index (χ4n) is 4.21. The predicted octanol–water partition coefficient (Wildman–Crippen LogP) is 2.35. The van der Waals surface area contributed by atoms with Gasteiger partial charge in [0.2, 0.25) is 11.8 Å². The molecule has 2 fully saturated rings. The minimum absolute atomic E-state index is 0.00338. The highest BCUT2D eigenvalue weighted by atomic mass is 16.5. The van der Waals surface area contributed by atoms with Crippen molar-refractivity contribution in [1.29, 1.82) is 0 Å². The normalized spacial score (nSPS) is 23.6. The Kier molecular flexibility index (Phi) is 6.94. The molecule has 0 aliphatic carbocycles. The Bertz CT molecular complexity index is 668. The van der Waals surface area contributed by atoms with E-state index < -0.39 is 0 Å². The van der Waals surface area contributed by atoms with E-state index in [0.717, 1.165) is 44.5 Å². The number of hydrogen-bond donors (Lipinski definition) is 1. The molecule has 2 amide bonds. The van der Waals surface area contributed by atoms with Crippen molar-refractivity contribution in [2.24, 2.45) is 0 Å². The van der Waals surface area contributed by atoms with Crippen LogP contribution in [0, 0.1) is 6.92 Å². The standard InChI is InChI=1S/C22H33N3O3/c1-16-4-8-20(9-5-16)28-21-10-12-25(13-11-21)22(27)14-18-6-7-19(24(18)3)15-23-17(2)26/h4-5,8-9,18-19,21H,6-7,10-15H2,1-3H3,(H,23,26)/t18-,19+/m0/s1. The van der Waals surface area contributed by atoms with Crippen molar-refractivity contribution >= 4 is 11.8 Å². The number of carbonyl (C=O) groups excluding carboxylic acids is 2. The van der Waals surface area contributed by atoms with Gasteiger partial charge < -0.3 is 15.0 Å². The van der Waals surface area contributed by atoms with Crippen molar-refractivity contribution in [3.8, 4) is 5.75 Å². The van der Waals surface area contributed by atoms with Gasteiger partial charge in [-0.25, -0.2) is 0 Å². The van der Waals surface area contributed by atoms with Gasteiger partial charge in [0.15, 0.2) is 0 Å². The van der Waals surface area contributed by atoms with Gasteiger partial charge in [-0.05, 0) is 38.9 Å².